The Balaban J connectivity index is 1.63. The maximum atomic E-state index is 6.08. The highest BCUT2D eigenvalue weighted by Crippen LogP contribution is 2.20. The summed E-state index contributed by atoms with van der Waals surface area (Å²) in [7, 11) is 2.00. The van der Waals surface area contributed by atoms with Crippen molar-refractivity contribution >= 4 is 0 Å². The molecule has 112 valence electrons. The van der Waals surface area contributed by atoms with Crippen molar-refractivity contribution in [3.8, 4) is 0 Å². The van der Waals surface area contributed by atoms with Gasteiger partial charge < -0.3 is 15.0 Å². The summed E-state index contributed by atoms with van der Waals surface area (Å²) in [5, 5.41) is 3.21. The smallest absolute Gasteiger partial charge is 0.0707 e. The Labute approximate surface area is 118 Å². The molecule has 0 bridgehead atoms. The highest BCUT2D eigenvalue weighted by Gasteiger charge is 2.27. The van der Waals surface area contributed by atoms with Crippen LogP contribution >= 0.6 is 0 Å². The van der Waals surface area contributed by atoms with Crippen molar-refractivity contribution in [1.29, 1.82) is 0 Å². The molecule has 0 aromatic carbocycles. The molecule has 2 heterocycles. The first-order valence-corrected chi connectivity index (χ1v) is 7.92. The first kappa shape index (κ1) is 15.2. The number of hydrogen-bond donors (Lipinski definition) is 1. The molecule has 0 aliphatic carbocycles. The molecule has 0 radical (unpaired) electrons. The van der Waals surface area contributed by atoms with Crippen molar-refractivity contribution in [2.45, 2.75) is 38.9 Å². The second kappa shape index (κ2) is 7.58. The van der Waals surface area contributed by atoms with Gasteiger partial charge in [0, 0.05) is 45.8 Å². The zero-order chi connectivity index (χ0) is 13.7. The summed E-state index contributed by atoms with van der Waals surface area (Å²) in [4.78, 5) is 5.18. The van der Waals surface area contributed by atoms with Gasteiger partial charge in [0.2, 0.25) is 0 Å². The van der Waals surface area contributed by atoms with Gasteiger partial charge in [-0.15, -0.1) is 0 Å². The molecular weight excluding hydrogens is 238 g/mol. The van der Waals surface area contributed by atoms with Crippen LogP contribution in [-0.4, -0.2) is 74.9 Å². The lowest BCUT2D eigenvalue weighted by molar-refractivity contribution is 0.0124. The van der Waals surface area contributed by atoms with E-state index in [2.05, 4.69) is 29.0 Å². The van der Waals surface area contributed by atoms with E-state index in [1.807, 2.05) is 7.05 Å². The molecule has 4 nitrogen and oxygen atoms in total. The molecule has 2 rings (SSSR count). The fourth-order valence-corrected chi connectivity index (χ4v) is 3.25. The molecule has 2 fully saturated rings. The van der Waals surface area contributed by atoms with Gasteiger partial charge in [0.05, 0.1) is 12.2 Å². The third kappa shape index (κ3) is 5.03. The van der Waals surface area contributed by atoms with Gasteiger partial charge in [-0.25, -0.2) is 0 Å². The van der Waals surface area contributed by atoms with E-state index in [4.69, 9.17) is 4.74 Å². The van der Waals surface area contributed by atoms with Crippen LogP contribution in [0.1, 0.15) is 26.7 Å². The van der Waals surface area contributed by atoms with Gasteiger partial charge in [0.15, 0.2) is 0 Å². The number of ether oxygens (including phenoxy) is 1. The lowest BCUT2D eigenvalue weighted by Gasteiger charge is -2.36. The molecule has 4 heteroatoms. The van der Waals surface area contributed by atoms with E-state index in [9.17, 15) is 0 Å². The van der Waals surface area contributed by atoms with Gasteiger partial charge in [0.1, 0.15) is 0 Å². The van der Waals surface area contributed by atoms with Gasteiger partial charge in [-0.05, 0) is 25.8 Å². The average Bonchev–Trinajstić information content (AvgIpc) is 2.79. The van der Waals surface area contributed by atoms with Crippen LogP contribution < -0.4 is 5.32 Å². The Morgan fingerprint density at radius 2 is 1.68 bits per heavy atom. The van der Waals surface area contributed by atoms with Crippen molar-refractivity contribution in [1.82, 2.24) is 15.1 Å². The van der Waals surface area contributed by atoms with Gasteiger partial charge in [0.25, 0.3) is 0 Å². The molecule has 0 aromatic rings. The molecule has 1 N–H and O–H groups in total. The predicted molar refractivity (Wildman–Crippen MR) is 79.5 cm³/mol. The number of rotatable bonds is 6. The van der Waals surface area contributed by atoms with Crippen LogP contribution in [0.3, 0.4) is 0 Å². The molecule has 2 saturated heterocycles. The molecule has 19 heavy (non-hydrogen) atoms. The van der Waals surface area contributed by atoms with Crippen LogP contribution in [0.15, 0.2) is 0 Å². The summed E-state index contributed by atoms with van der Waals surface area (Å²) in [6, 6.07) is 0. The van der Waals surface area contributed by atoms with Crippen molar-refractivity contribution < 1.29 is 4.74 Å². The SMILES string of the molecule is CNCC1CCC(CN2CCN(CC(C)C)CC2)O1. The van der Waals surface area contributed by atoms with Crippen LogP contribution in [0.25, 0.3) is 0 Å². The molecule has 0 aromatic heterocycles. The predicted octanol–water partition coefficient (Wildman–Crippen LogP) is 1.03. The minimum atomic E-state index is 0.442. The second-order valence-electron chi connectivity index (χ2n) is 6.51. The Morgan fingerprint density at radius 1 is 1.05 bits per heavy atom. The minimum Gasteiger partial charge on any atom is -0.372 e. The molecule has 0 amide bonds. The van der Waals surface area contributed by atoms with Crippen molar-refractivity contribution in [2.75, 3.05) is 52.9 Å². The first-order chi connectivity index (χ1) is 9.17. The second-order valence-corrected chi connectivity index (χ2v) is 6.51. The van der Waals surface area contributed by atoms with Crippen LogP contribution in [0.2, 0.25) is 0 Å². The van der Waals surface area contributed by atoms with Gasteiger partial charge in [-0.2, -0.15) is 0 Å². The third-order valence-corrected chi connectivity index (χ3v) is 4.18. The van der Waals surface area contributed by atoms with Crippen molar-refractivity contribution in [3.63, 3.8) is 0 Å². The fourth-order valence-electron chi connectivity index (χ4n) is 3.25. The number of nitrogens with zero attached hydrogens (tertiary/aromatic N) is 2. The Bertz CT molecular complexity index is 252. The molecular formula is C15H31N3O. The van der Waals surface area contributed by atoms with E-state index in [0.29, 0.717) is 12.2 Å². The quantitative estimate of drug-likeness (QED) is 0.779. The molecule has 2 aliphatic rings. The summed E-state index contributed by atoms with van der Waals surface area (Å²) in [5.74, 6) is 0.784. The molecule has 2 atom stereocenters. The summed E-state index contributed by atoms with van der Waals surface area (Å²) >= 11 is 0. The maximum absolute atomic E-state index is 6.08. The Morgan fingerprint density at radius 3 is 2.32 bits per heavy atom. The number of hydrogen-bond acceptors (Lipinski definition) is 4. The highest BCUT2D eigenvalue weighted by atomic mass is 16.5. The van der Waals surface area contributed by atoms with E-state index in [0.717, 1.165) is 19.0 Å². The van der Waals surface area contributed by atoms with Crippen LogP contribution in [0.4, 0.5) is 0 Å². The molecule has 2 unspecified atom stereocenters. The first-order valence-electron chi connectivity index (χ1n) is 7.92. The Kier molecular flexibility index (Phi) is 6.07. The summed E-state index contributed by atoms with van der Waals surface area (Å²) < 4.78 is 6.08. The number of likely N-dealkylation sites (N-methyl/N-ethyl adjacent to an activating group) is 1. The van der Waals surface area contributed by atoms with Crippen molar-refractivity contribution in [2.24, 2.45) is 5.92 Å². The Hall–Kier alpha value is -0.160. The van der Waals surface area contributed by atoms with Crippen LogP contribution in [0, 0.1) is 5.92 Å². The topological polar surface area (TPSA) is 27.7 Å². The van der Waals surface area contributed by atoms with Crippen LogP contribution in [0.5, 0.6) is 0 Å². The summed E-state index contributed by atoms with van der Waals surface area (Å²) in [6.07, 6.45) is 3.37. The average molecular weight is 269 g/mol. The van der Waals surface area contributed by atoms with E-state index in [1.165, 1.54) is 45.6 Å². The summed E-state index contributed by atoms with van der Waals surface area (Å²) in [5.41, 5.74) is 0. The maximum Gasteiger partial charge on any atom is 0.0707 e. The van der Waals surface area contributed by atoms with Gasteiger partial charge >= 0.3 is 0 Å². The van der Waals surface area contributed by atoms with Crippen LogP contribution in [-0.2, 0) is 4.74 Å². The molecule has 2 aliphatic heterocycles. The minimum absolute atomic E-state index is 0.442. The lowest BCUT2D eigenvalue weighted by Crippen LogP contribution is -2.49. The molecule has 0 saturated carbocycles. The van der Waals surface area contributed by atoms with E-state index in [-0.39, 0.29) is 0 Å². The van der Waals surface area contributed by atoms with E-state index >= 15 is 0 Å². The summed E-state index contributed by atoms with van der Waals surface area (Å²) in [6.45, 7) is 12.9. The zero-order valence-electron chi connectivity index (χ0n) is 12.9. The largest absolute Gasteiger partial charge is 0.372 e. The zero-order valence-corrected chi connectivity index (χ0v) is 12.9. The standard InChI is InChI=1S/C15H31N3O/c1-13(2)11-17-6-8-18(9-7-17)12-15-5-4-14(19-15)10-16-3/h13-16H,4-12H2,1-3H3. The van der Waals surface area contributed by atoms with Gasteiger partial charge in [-0.1, -0.05) is 13.8 Å². The monoisotopic (exact) mass is 269 g/mol. The fraction of sp³-hybridized carbons (Fsp3) is 1.00. The normalized spacial score (nSPS) is 30.3. The number of nitrogens with one attached hydrogen (secondary N) is 1. The van der Waals surface area contributed by atoms with E-state index < -0.39 is 0 Å². The van der Waals surface area contributed by atoms with Gasteiger partial charge in [-0.3, -0.25) is 4.90 Å². The third-order valence-electron chi connectivity index (χ3n) is 4.18. The lowest BCUT2D eigenvalue weighted by atomic mass is 10.1. The number of piperazine rings is 1. The molecule has 0 spiro atoms. The van der Waals surface area contributed by atoms with E-state index in [1.54, 1.807) is 0 Å². The highest BCUT2D eigenvalue weighted by molar-refractivity contribution is 4.80. The van der Waals surface area contributed by atoms with Crippen molar-refractivity contribution in [3.05, 3.63) is 0 Å².